The fourth-order valence-electron chi connectivity index (χ4n) is 2.32. The third kappa shape index (κ3) is 10.6. The van der Waals surface area contributed by atoms with E-state index in [1.807, 2.05) is 19.9 Å². The maximum Gasteiger partial charge on any atom is 0.165 e. The molecule has 0 saturated carbocycles. The van der Waals surface area contributed by atoms with Crippen LogP contribution in [0.3, 0.4) is 0 Å². The van der Waals surface area contributed by atoms with E-state index in [0.29, 0.717) is 29.7 Å². The Kier molecular flexibility index (Phi) is 12.2. The number of nitrogens with zero attached hydrogens (tertiary/aromatic N) is 1. The molecule has 0 heterocycles. The lowest BCUT2D eigenvalue weighted by Gasteiger charge is -2.15. The molecule has 0 fully saturated rings. The summed E-state index contributed by atoms with van der Waals surface area (Å²) >= 11 is 9.11. The van der Waals surface area contributed by atoms with E-state index >= 15 is 0 Å². The fraction of sp³-hybridized carbons (Fsp3) is 0.550. The Labute approximate surface area is 174 Å². The van der Waals surface area contributed by atoms with Crippen molar-refractivity contribution in [1.82, 2.24) is 0 Å². The molecule has 0 aliphatic heterocycles. The van der Waals surface area contributed by atoms with E-state index in [0.717, 1.165) is 43.4 Å². The molecule has 1 aromatic carbocycles. The minimum absolute atomic E-state index is 0.128. The minimum atomic E-state index is -0.454. The highest BCUT2D eigenvalue weighted by atomic mass is 79.9. The normalized spacial score (nSPS) is 11.3. The van der Waals surface area contributed by atoms with E-state index in [1.165, 1.54) is 6.08 Å². The Balaban J connectivity index is 2.53. The number of unbranched alkanes of at least 4 members (excludes halogenated alkanes) is 2. The number of hydrogen-bond donors (Lipinski definition) is 0. The van der Waals surface area contributed by atoms with Crippen molar-refractivity contribution in [3.63, 3.8) is 0 Å². The summed E-state index contributed by atoms with van der Waals surface area (Å²) in [5.41, 5.74) is 1.91. The first-order chi connectivity index (χ1) is 12.9. The van der Waals surface area contributed by atoms with E-state index in [1.54, 1.807) is 6.07 Å². The van der Waals surface area contributed by atoms with Gasteiger partial charge in [-0.25, -0.2) is 0 Å². The maximum absolute atomic E-state index is 12.7. The van der Waals surface area contributed by atoms with Gasteiger partial charge in [-0.2, -0.15) is 4.39 Å². The molecule has 1 rings (SSSR count). The van der Waals surface area contributed by atoms with Gasteiger partial charge in [-0.1, -0.05) is 30.1 Å². The molecule has 152 valence electrons. The van der Waals surface area contributed by atoms with E-state index < -0.39 is 4.74 Å². The van der Waals surface area contributed by atoms with Gasteiger partial charge in [0, 0.05) is 6.07 Å². The molecule has 0 saturated heterocycles. The number of oxime groups is 1. The fourth-order valence-corrected chi connectivity index (χ4v) is 2.73. The molecule has 7 heteroatoms. The highest BCUT2D eigenvalue weighted by Crippen LogP contribution is 2.34. The lowest BCUT2D eigenvalue weighted by atomic mass is 10.1. The molecule has 0 aliphatic carbocycles. The van der Waals surface area contributed by atoms with Gasteiger partial charge in [-0.05, 0) is 73.2 Å². The van der Waals surface area contributed by atoms with Gasteiger partial charge in [0.2, 0.25) is 0 Å². The van der Waals surface area contributed by atoms with Crippen LogP contribution in [-0.2, 0) is 11.3 Å². The van der Waals surface area contributed by atoms with Gasteiger partial charge in [-0.15, -0.1) is 0 Å². The van der Waals surface area contributed by atoms with Crippen molar-refractivity contribution in [2.75, 3.05) is 19.8 Å². The lowest BCUT2D eigenvalue weighted by molar-refractivity contribution is 0.138. The summed E-state index contributed by atoms with van der Waals surface area (Å²) in [5, 5.41) is 4.41. The third-order valence-electron chi connectivity index (χ3n) is 3.47. The molecule has 0 radical (unpaired) electrons. The van der Waals surface area contributed by atoms with Crippen LogP contribution in [0, 0.1) is 0 Å². The van der Waals surface area contributed by atoms with Crippen LogP contribution < -0.4 is 9.47 Å². The summed E-state index contributed by atoms with van der Waals surface area (Å²) in [6.07, 6.45) is 5.92. The summed E-state index contributed by atoms with van der Waals surface area (Å²) < 4.78 is 23.7. The third-order valence-corrected chi connectivity index (χ3v) is 4.08. The molecule has 0 aliphatic rings. The smallest absolute Gasteiger partial charge is 0.165 e. The van der Waals surface area contributed by atoms with Gasteiger partial charge in [0.05, 0.1) is 17.3 Å². The second-order valence-electron chi connectivity index (χ2n) is 6.23. The first-order valence-electron chi connectivity index (χ1n) is 9.16. The first kappa shape index (κ1) is 23.8. The molecule has 0 spiro atoms. The zero-order valence-corrected chi connectivity index (χ0v) is 18.5. The van der Waals surface area contributed by atoms with E-state index in [-0.39, 0.29) is 6.61 Å². The average Bonchev–Trinajstić information content (AvgIpc) is 2.58. The van der Waals surface area contributed by atoms with Crippen LogP contribution in [0.1, 0.15) is 52.0 Å². The molecule has 0 bridgehead atoms. The largest absolute Gasteiger partial charge is 0.492 e. The average molecular weight is 465 g/mol. The van der Waals surface area contributed by atoms with Gasteiger partial charge < -0.3 is 14.3 Å². The van der Waals surface area contributed by atoms with Crippen LogP contribution in [0.25, 0.3) is 0 Å². The SMILES string of the molecule is CCCc1cc(OC/C=C(\F)Br)cc(Cl)c1OCCCCCON=C(C)C. The number of benzene rings is 1. The molecule has 1 aromatic rings. The van der Waals surface area contributed by atoms with Gasteiger partial charge in [0.15, 0.2) is 4.74 Å². The predicted octanol–water partition coefficient (Wildman–Crippen LogP) is 6.84. The molecule has 0 atom stereocenters. The highest BCUT2D eigenvalue weighted by Gasteiger charge is 2.12. The predicted molar refractivity (Wildman–Crippen MR) is 113 cm³/mol. The summed E-state index contributed by atoms with van der Waals surface area (Å²) in [4.78, 5) is 5.17. The Hall–Kier alpha value is -1.27. The van der Waals surface area contributed by atoms with Gasteiger partial charge >= 0.3 is 0 Å². The number of hydrogen-bond acceptors (Lipinski definition) is 4. The molecule has 0 unspecified atom stereocenters. The van der Waals surface area contributed by atoms with Gasteiger partial charge in [0.1, 0.15) is 24.7 Å². The standard InChI is InChI=1S/C20H28BrClFNO3/c1-4-8-16-13-17(25-12-9-19(21)23)14-18(22)20(16)26-10-6-5-7-11-27-24-15(2)3/h9,13-14H,4-8,10-12H2,1-3H3/b19-9-. The second-order valence-corrected chi connectivity index (χ2v) is 7.39. The van der Waals surface area contributed by atoms with Crippen LogP contribution in [0.2, 0.25) is 5.02 Å². The molecule has 4 nitrogen and oxygen atoms in total. The first-order valence-corrected chi connectivity index (χ1v) is 10.3. The quantitative estimate of drug-likeness (QED) is 0.182. The highest BCUT2D eigenvalue weighted by molar-refractivity contribution is 9.11. The number of halogens is 3. The summed E-state index contributed by atoms with van der Waals surface area (Å²) in [7, 11) is 0. The van der Waals surface area contributed by atoms with Crippen molar-refractivity contribution in [2.45, 2.75) is 52.9 Å². The van der Waals surface area contributed by atoms with E-state index in [2.05, 4.69) is 28.0 Å². The second kappa shape index (κ2) is 13.8. The monoisotopic (exact) mass is 463 g/mol. The molecule has 0 amide bonds. The maximum atomic E-state index is 12.7. The van der Waals surface area contributed by atoms with Gasteiger partial charge in [-0.3, -0.25) is 0 Å². The summed E-state index contributed by atoms with van der Waals surface area (Å²) in [6, 6.07) is 3.61. The van der Waals surface area contributed by atoms with Crippen molar-refractivity contribution in [2.24, 2.45) is 5.16 Å². The molecule has 0 aromatic heterocycles. The van der Waals surface area contributed by atoms with Crippen molar-refractivity contribution in [3.8, 4) is 11.5 Å². The topological polar surface area (TPSA) is 40.0 Å². The van der Waals surface area contributed by atoms with Gasteiger partial charge in [0.25, 0.3) is 0 Å². The van der Waals surface area contributed by atoms with Crippen molar-refractivity contribution < 1.29 is 18.7 Å². The van der Waals surface area contributed by atoms with Crippen LogP contribution >= 0.6 is 27.5 Å². The number of aryl methyl sites for hydroxylation is 1. The number of ether oxygens (including phenoxy) is 2. The van der Waals surface area contributed by atoms with Crippen LogP contribution in [-0.4, -0.2) is 25.5 Å². The zero-order chi connectivity index (χ0) is 20.1. The Morgan fingerprint density at radius 1 is 1.19 bits per heavy atom. The molecule has 27 heavy (non-hydrogen) atoms. The van der Waals surface area contributed by atoms with Crippen molar-refractivity contribution in [1.29, 1.82) is 0 Å². The Bertz CT molecular complexity index is 630. The zero-order valence-electron chi connectivity index (χ0n) is 16.2. The minimum Gasteiger partial charge on any atom is -0.492 e. The van der Waals surface area contributed by atoms with Crippen LogP contribution in [0.15, 0.2) is 28.1 Å². The van der Waals surface area contributed by atoms with Crippen LogP contribution in [0.4, 0.5) is 4.39 Å². The Morgan fingerprint density at radius 3 is 2.59 bits per heavy atom. The van der Waals surface area contributed by atoms with Crippen molar-refractivity contribution >= 4 is 33.2 Å². The lowest BCUT2D eigenvalue weighted by Crippen LogP contribution is -2.03. The molecule has 0 N–H and O–H groups in total. The van der Waals surface area contributed by atoms with E-state index in [9.17, 15) is 4.39 Å². The van der Waals surface area contributed by atoms with Crippen LogP contribution in [0.5, 0.6) is 11.5 Å². The summed E-state index contributed by atoms with van der Waals surface area (Å²) in [5.74, 6) is 1.31. The van der Waals surface area contributed by atoms with E-state index in [4.69, 9.17) is 25.9 Å². The Morgan fingerprint density at radius 2 is 1.93 bits per heavy atom. The summed E-state index contributed by atoms with van der Waals surface area (Å²) in [6.45, 7) is 7.22. The molecular formula is C20H28BrClFNO3. The number of rotatable bonds is 13. The molecular weight excluding hydrogens is 437 g/mol. The van der Waals surface area contributed by atoms with Crippen molar-refractivity contribution in [3.05, 3.63) is 33.5 Å².